The van der Waals surface area contributed by atoms with E-state index in [1.807, 2.05) is 31.2 Å². The molecule has 1 aromatic carbocycles. The lowest BCUT2D eigenvalue weighted by atomic mass is 9.97. The number of carboxylic acid groups (broad SMARTS) is 1. The van der Waals surface area contributed by atoms with Crippen LogP contribution in [0.5, 0.6) is 0 Å². The molecule has 0 unspecified atom stereocenters. The third-order valence-electron chi connectivity index (χ3n) is 3.58. The number of carboxylic acids is 1. The molecule has 0 aliphatic carbocycles. The molecule has 0 aliphatic heterocycles. The summed E-state index contributed by atoms with van der Waals surface area (Å²) in [7, 11) is 0. The summed E-state index contributed by atoms with van der Waals surface area (Å²) in [5.74, 6) is -0.830. The van der Waals surface area contributed by atoms with Crippen molar-refractivity contribution in [3.05, 3.63) is 51.9 Å². The number of hydrogen-bond donors (Lipinski definition) is 1. The van der Waals surface area contributed by atoms with Gasteiger partial charge in [-0.05, 0) is 23.5 Å². The van der Waals surface area contributed by atoms with Crippen LogP contribution < -0.4 is 5.56 Å². The highest BCUT2D eigenvalue weighted by Crippen LogP contribution is 2.23. The maximum Gasteiger partial charge on any atom is 0.342 e. The molecule has 0 aliphatic rings. The maximum atomic E-state index is 12.3. The zero-order valence-electron chi connectivity index (χ0n) is 13.0. The van der Waals surface area contributed by atoms with E-state index in [4.69, 9.17) is 0 Å². The smallest absolute Gasteiger partial charge is 0.342 e. The molecular formula is C17H20N2O3. The Morgan fingerprint density at radius 2 is 1.91 bits per heavy atom. The fourth-order valence-corrected chi connectivity index (χ4v) is 2.33. The number of carbonyl (C=O) groups is 1. The van der Waals surface area contributed by atoms with Gasteiger partial charge in [-0.15, -0.1) is 0 Å². The highest BCUT2D eigenvalue weighted by molar-refractivity contribution is 5.95. The van der Waals surface area contributed by atoms with Crippen molar-refractivity contribution in [3.63, 3.8) is 0 Å². The predicted octanol–water partition coefficient (Wildman–Crippen LogP) is 3.14. The molecular weight excluding hydrogens is 280 g/mol. The first kappa shape index (κ1) is 15.9. The number of rotatable bonds is 5. The van der Waals surface area contributed by atoms with Crippen LogP contribution in [0, 0.1) is 0 Å². The van der Waals surface area contributed by atoms with Crippen LogP contribution >= 0.6 is 0 Å². The van der Waals surface area contributed by atoms with Gasteiger partial charge in [0.25, 0.3) is 5.56 Å². The molecule has 22 heavy (non-hydrogen) atoms. The van der Waals surface area contributed by atoms with E-state index in [1.54, 1.807) is 0 Å². The Kier molecular flexibility index (Phi) is 4.75. The summed E-state index contributed by atoms with van der Waals surface area (Å²) in [4.78, 5) is 23.8. The molecule has 0 bridgehead atoms. The monoisotopic (exact) mass is 300 g/mol. The Bertz CT molecular complexity index is 731. The minimum Gasteiger partial charge on any atom is -0.477 e. The Morgan fingerprint density at radius 3 is 2.41 bits per heavy atom. The number of nitrogens with zero attached hydrogens (tertiary/aromatic N) is 2. The summed E-state index contributed by atoms with van der Waals surface area (Å²) in [5, 5.41) is 13.5. The lowest BCUT2D eigenvalue weighted by molar-refractivity contribution is 0.0694. The third-order valence-corrected chi connectivity index (χ3v) is 3.58. The molecule has 0 spiro atoms. The molecule has 116 valence electrons. The van der Waals surface area contributed by atoms with E-state index in [2.05, 4.69) is 18.9 Å². The fourth-order valence-electron chi connectivity index (χ4n) is 2.33. The van der Waals surface area contributed by atoms with E-state index in [9.17, 15) is 14.7 Å². The topological polar surface area (TPSA) is 72.2 Å². The number of aryl methyl sites for hydroxylation is 1. The Hall–Kier alpha value is -2.43. The van der Waals surface area contributed by atoms with Crippen molar-refractivity contribution in [2.24, 2.45) is 0 Å². The Morgan fingerprint density at radius 1 is 1.27 bits per heavy atom. The largest absolute Gasteiger partial charge is 0.477 e. The summed E-state index contributed by atoms with van der Waals surface area (Å²) in [6.45, 7) is 6.50. The molecule has 0 saturated carbocycles. The second-order valence-corrected chi connectivity index (χ2v) is 5.54. The van der Waals surface area contributed by atoms with Crippen molar-refractivity contribution in [1.82, 2.24) is 9.78 Å². The number of hydrogen-bond acceptors (Lipinski definition) is 3. The number of aromatic nitrogens is 2. The van der Waals surface area contributed by atoms with Gasteiger partial charge in [0, 0.05) is 12.1 Å². The van der Waals surface area contributed by atoms with Crippen LogP contribution in [0.2, 0.25) is 0 Å². The molecule has 5 nitrogen and oxygen atoms in total. The van der Waals surface area contributed by atoms with E-state index in [-0.39, 0.29) is 5.56 Å². The summed E-state index contributed by atoms with van der Waals surface area (Å²) in [6, 6.07) is 7.57. The number of aromatic carboxylic acids is 1. The van der Waals surface area contributed by atoms with Gasteiger partial charge in [-0.2, -0.15) is 5.10 Å². The van der Waals surface area contributed by atoms with Crippen molar-refractivity contribution in [1.29, 1.82) is 0 Å². The molecule has 2 aromatic rings. The predicted molar refractivity (Wildman–Crippen MR) is 85.3 cm³/mol. The van der Waals surface area contributed by atoms with Crippen molar-refractivity contribution in [2.75, 3.05) is 0 Å². The maximum absolute atomic E-state index is 12.3. The van der Waals surface area contributed by atoms with Crippen LogP contribution in [-0.4, -0.2) is 20.9 Å². The lowest BCUT2D eigenvalue weighted by Crippen LogP contribution is -2.29. The average Bonchev–Trinajstić information content (AvgIpc) is 2.49. The Labute approximate surface area is 129 Å². The zero-order chi connectivity index (χ0) is 16.3. The highest BCUT2D eigenvalue weighted by atomic mass is 16.4. The van der Waals surface area contributed by atoms with Crippen LogP contribution in [0.3, 0.4) is 0 Å². The first-order chi connectivity index (χ1) is 10.5. The van der Waals surface area contributed by atoms with E-state index in [0.29, 0.717) is 30.0 Å². The molecule has 1 heterocycles. The third kappa shape index (κ3) is 3.08. The second-order valence-electron chi connectivity index (χ2n) is 5.54. The average molecular weight is 300 g/mol. The van der Waals surface area contributed by atoms with E-state index < -0.39 is 11.5 Å². The highest BCUT2D eigenvalue weighted by Gasteiger charge is 2.19. The van der Waals surface area contributed by atoms with Gasteiger partial charge in [0.15, 0.2) is 0 Å². The molecule has 0 atom stereocenters. The zero-order valence-corrected chi connectivity index (χ0v) is 13.0. The summed E-state index contributed by atoms with van der Waals surface area (Å²) in [5.41, 5.74) is 1.43. The Balaban J connectivity index is 2.57. The van der Waals surface area contributed by atoms with Crippen LogP contribution in [0.15, 0.2) is 35.3 Å². The van der Waals surface area contributed by atoms with Crippen LogP contribution in [0.1, 0.15) is 49.0 Å². The molecule has 1 N–H and O–H groups in total. The SMILES string of the molecule is CCCn1ncc(-c2ccc(C(C)C)cc2)c(C(=O)O)c1=O. The van der Waals surface area contributed by atoms with E-state index in [0.717, 1.165) is 5.56 Å². The van der Waals surface area contributed by atoms with Crippen molar-refractivity contribution in [2.45, 2.75) is 39.7 Å². The van der Waals surface area contributed by atoms with Crippen LogP contribution in [-0.2, 0) is 6.54 Å². The molecule has 2 rings (SSSR count). The fraction of sp³-hybridized carbons (Fsp3) is 0.353. The summed E-state index contributed by atoms with van der Waals surface area (Å²) >= 11 is 0. The van der Waals surface area contributed by atoms with Crippen LogP contribution in [0.25, 0.3) is 11.1 Å². The summed E-state index contributed by atoms with van der Waals surface area (Å²) in [6.07, 6.45) is 2.18. The van der Waals surface area contributed by atoms with Gasteiger partial charge in [0.2, 0.25) is 0 Å². The van der Waals surface area contributed by atoms with Gasteiger partial charge < -0.3 is 5.11 Å². The minimum atomic E-state index is -1.22. The lowest BCUT2D eigenvalue weighted by Gasteiger charge is -2.10. The quantitative estimate of drug-likeness (QED) is 0.920. The van der Waals surface area contributed by atoms with Gasteiger partial charge >= 0.3 is 5.97 Å². The summed E-state index contributed by atoms with van der Waals surface area (Å²) < 4.78 is 1.20. The first-order valence-corrected chi connectivity index (χ1v) is 7.39. The number of benzene rings is 1. The van der Waals surface area contributed by atoms with Crippen molar-refractivity contribution >= 4 is 5.97 Å². The first-order valence-electron chi connectivity index (χ1n) is 7.39. The molecule has 0 radical (unpaired) electrons. The molecule has 1 aromatic heterocycles. The van der Waals surface area contributed by atoms with Crippen LogP contribution in [0.4, 0.5) is 0 Å². The van der Waals surface area contributed by atoms with Crippen molar-refractivity contribution < 1.29 is 9.90 Å². The van der Waals surface area contributed by atoms with Crippen molar-refractivity contribution in [3.8, 4) is 11.1 Å². The molecule has 0 saturated heterocycles. The van der Waals surface area contributed by atoms with Gasteiger partial charge in [0.1, 0.15) is 5.56 Å². The standard InChI is InChI=1S/C17H20N2O3/c1-4-9-19-16(20)15(17(21)22)14(10-18-19)13-7-5-12(6-8-13)11(2)3/h5-8,10-11H,4,9H2,1-3H3,(H,21,22). The van der Waals surface area contributed by atoms with Gasteiger partial charge in [-0.1, -0.05) is 45.0 Å². The van der Waals surface area contributed by atoms with E-state index in [1.165, 1.54) is 10.9 Å². The van der Waals surface area contributed by atoms with Gasteiger partial charge in [-0.25, -0.2) is 9.48 Å². The normalized spacial score (nSPS) is 10.9. The van der Waals surface area contributed by atoms with E-state index >= 15 is 0 Å². The second kappa shape index (κ2) is 6.56. The molecule has 0 fully saturated rings. The molecule has 5 heteroatoms. The minimum absolute atomic E-state index is 0.222. The van der Waals surface area contributed by atoms with Gasteiger partial charge in [0.05, 0.1) is 6.20 Å². The molecule has 0 amide bonds. The van der Waals surface area contributed by atoms with Gasteiger partial charge in [-0.3, -0.25) is 4.79 Å².